The van der Waals surface area contributed by atoms with Crippen molar-refractivity contribution in [3.8, 4) is 0 Å². The number of nitrogens with zero attached hydrogens (tertiary/aromatic N) is 4. The van der Waals surface area contributed by atoms with Crippen LogP contribution >= 0.6 is 0 Å². The monoisotopic (exact) mass is 250 g/mol. The molecule has 0 radical (unpaired) electrons. The molecule has 2 rings (SSSR count). The van der Waals surface area contributed by atoms with E-state index in [9.17, 15) is 4.79 Å². The lowest BCUT2D eigenvalue weighted by Crippen LogP contribution is -2.48. The normalized spacial score (nSPS) is 14.9. The lowest BCUT2D eigenvalue weighted by atomic mass is 10.3. The summed E-state index contributed by atoms with van der Waals surface area (Å²) >= 11 is 0. The van der Waals surface area contributed by atoms with E-state index in [1.165, 1.54) is 0 Å². The van der Waals surface area contributed by atoms with Gasteiger partial charge in [0.2, 0.25) is 11.9 Å². The molecule has 2 heterocycles. The van der Waals surface area contributed by atoms with E-state index in [0.717, 1.165) is 37.7 Å². The molecule has 5 heteroatoms. The number of aryl methyl sites for hydroxylation is 1. The topological polar surface area (TPSA) is 49.3 Å². The summed E-state index contributed by atoms with van der Waals surface area (Å²) in [5.41, 5.74) is 1.06. The third kappa shape index (κ3) is 3.68. The molecule has 0 aliphatic carbocycles. The van der Waals surface area contributed by atoms with Crippen molar-refractivity contribution in [1.82, 2.24) is 14.9 Å². The van der Waals surface area contributed by atoms with Gasteiger partial charge in [-0.05, 0) is 12.5 Å². The number of hydrogen-bond donors (Lipinski definition) is 0. The van der Waals surface area contributed by atoms with E-state index < -0.39 is 0 Å². The lowest BCUT2D eigenvalue weighted by molar-refractivity contribution is -0.129. The van der Waals surface area contributed by atoms with Gasteiger partial charge in [-0.2, -0.15) is 0 Å². The van der Waals surface area contributed by atoms with Crippen LogP contribution in [-0.4, -0.2) is 47.0 Å². The second-order valence-corrected chi connectivity index (χ2v) is 4.05. The van der Waals surface area contributed by atoms with Crippen LogP contribution < -0.4 is 4.90 Å². The van der Waals surface area contributed by atoms with Crippen molar-refractivity contribution < 1.29 is 4.79 Å². The summed E-state index contributed by atoms with van der Waals surface area (Å²) in [7, 11) is 0. The summed E-state index contributed by atoms with van der Waals surface area (Å²) in [6.45, 7) is 10.7. The van der Waals surface area contributed by atoms with Crippen LogP contribution in [0.15, 0.2) is 12.4 Å². The van der Waals surface area contributed by atoms with Crippen LogP contribution in [-0.2, 0) is 4.79 Å². The molecule has 0 unspecified atom stereocenters. The van der Waals surface area contributed by atoms with E-state index in [4.69, 9.17) is 0 Å². The van der Waals surface area contributed by atoms with Crippen LogP contribution in [0.4, 0.5) is 5.95 Å². The third-order valence-electron chi connectivity index (χ3n) is 2.78. The molecule has 0 aromatic carbocycles. The quantitative estimate of drug-likeness (QED) is 0.757. The van der Waals surface area contributed by atoms with Crippen LogP contribution in [0.5, 0.6) is 0 Å². The Labute approximate surface area is 109 Å². The van der Waals surface area contributed by atoms with Crippen molar-refractivity contribution in [3.05, 3.63) is 18.0 Å². The molecule has 18 heavy (non-hydrogen) atoms. The van der Waals surface area contributed by atoms with Crippen molar-refractivity contribution in [2.24, 2.45) is 0 Å². The third-order valence-corrected chi connectivity index (χ3v) is 2.78. The molecule has 1 aromatic rings. The van der Waals surface area contributed by atoms with Gasteiger partial charge in [-0.25, -0.2) is 9.97 Å². The zero-order chi connectivity index (χ0) is 13.5. The van der Waals surface area contributed by atoms with E-state index in [2.05, 4.69) is 14.9 Å². The van der Waals surface area contributed by atoms with Gasteiger partial charge in [-0.15, -0.1) is 0 Å². The molecule has 1 amide bonds. The van der Waals surface area contributed by atoms with Gasteiger partial charge < -0.3 is 9.80 Å². The summed E-state index contributed by atoms with van der Waals surface area (Å²) in [6.07, 6.45) is 3.64. The molecule has 0 spiro atoms. The lowest BCUT2D eigenvalue weighted by Gasteiger charge is -2.34. The molecule has 5 nitrogen and oxygen atoms in total. The summed E-state index contributed by atoms with van der Waals surface area (Å²) in [4.78, 5) is 23.7. The zero-order valence-corrected chi connectivity index (χ0v) is 11.7. The van der Waals surface area contributed by atoms with Crippen molar-refractivity contribution in [2.45, 2.75) is 27.7 Å². The van der Waals surface area contributed by atoms with Crippen molar-refractivity contribution in [2.75, 3.05) is 31.1 Å². The van der Waals surface area contributed by atoms with Crippen LogP contribution in [0.1, 0.15) is 26.3 Å². The molecule has 1 aliphatic rings. The van der Waals surface area contributed by atoms with Crippen molar-refractivity contribution in [3.63, 3.8) is 0 Å². The van der Waals surface area contributed by atoms with Crippen LogP contribution in [0.2, 0.25) is 0 Å². The minimum Gasteiger partial charge on any atom is -0.339 e. The number of piperazine rings is 1. The van der Waals surface area contributed by atoms with Gasteiger partial charge in [0, 0.05) is 45.5 Å². The Morgan fingerprint density at radius 3 is 2.06 bits per heavy atom. The van der Waals surface area contributed by atoms with E-state index in [0.29, 0.717) is 0 Å². The average Bonchev–Trinajstić information content (AvgIpc) is 2.42. The summed E-state index contributed by atoms with van der Waals surface area (Å²) in [5.74, 6) is 0.901. The Hall–Kier alpha value is -1.65. The average molecular weight is 250 g/mol. The summed E-state index contributed by atoms with van der Waals surface area (Å²) in [5, 5.41) is 0. The fourth-order valence-electron chi connectivity index (χ4n) is 1.77. The maximum absolute atomic E-state index is 11.2. The molecule has 1 saturated heterocycles. The molecular weight excluding hydrogens is 228 g/mol. The SMILES string of the molecule is CC.CC(=O)N1CCN(c2ncc(C)cn2)CC1. The highest BCUT2D eigenvalue weighted by atomic mass is 16.2. The van der Waals surface area contributed by atoms with Crippen LogP contribution in [0.25, 0.3) is 0 Å². The number of hydrogen-bond acceptors (Lipinski definition) is 4. The fraction of sp³-hybridized carbons (Fsp3) is 0.615. The molecule has 1 aliphatic heterocycles. The molecule has 1 aromatic heterocycles. The highest BCUT2D eigenvalue weighted by molar-refractivity contribution is 5.73. The molecule has 1 fully saturated rings. The maximum atomic E-state index is 11.2. The van der Waals surface area contributed by atoms with E-state index in [-0.39, 0.29) is 5.91 Å². The summed E-state index contributed by atoms with van der Waals surface area (Å²) in [6, 6.07) is 0. The number of amides is 1. The first kappa shape index (κ1) is 14.4. The fourth-order valence-corrected chi connectivity index (χ4v) is 1.77. The minimum atomic E-state index is 0.143. The standard InChI is InChI=1S/C11H16N4O.C2H6/c1-9-7-12-11(13-8-9)15-5-3-14(4-6-15)10(2)16;1-2/h7-8H,3-6H2,1-2H3;1-2H3. The Kier molecular flexibility index (Phi) is 5.55. The molecular formula is C13H22N4O. The van der Waals surface area contributed by atoms with Gasteiger partial charge in [-0.3, -0.25) is 4.79 Å². The molecule has 100 valence electrons. The van der Waals surface area contributed by atoms with E-state index >= 15 is 0 Å². The van der Waals surface area contributed by atoms with Crippen LogP contribution in [0.3, 0.4) is 0 Å². The largest absolute Gasteiger partial charge is 0.339 e. The highest BCUT2D eigenvalue weighted by Crippen LogP contribution is 2.10. The molecule has 0 N–H and O–H groups in total. The van der Waals surface area contributed by atoms with Gasteiger partial charge in [0.1, 0.15) is 0 Å². The van der Waals surface area contributed by atoms with Gasteiger partial charge in [0.15, 0.2) is 0 Å². The smallest absolute Gasteiger partial charge is 0.225 e. The van der Waals surface area contributed by atoms with E-state index in [1.54, 1.807) is 6.92 Å². The first-order valence-corrected chi connectivity index (χ1v) is 6.46. The van der Waals surface area contributed by atoms with Crippen molar-refractivity contribution >= 4 is 11.9 Å². The van der Waals surface area contributed by atoms with Gasteiger partial charge in [0.25, 0.3) is 0 Å². The second kappa shape index (κ2) is 6.93. The first-order chi connectivity index (χ1) is 8.66. The zero-order valence-electron chi connectivity index (χ0n) is 11.7. The van der Waals surface area contributed by atoms with Crippen LogP contribution in [0, 0.1) is 6.92 Å². The van der Waals surface area contributed by atoms with Crippen molar-refractivity contribution in [1.29, 1.82) is 0 Å². The maximum Gasteiger partial charge on any atom is 0.225 e. The first-order valence-electron chi connectivity index (χ1n) is 6.46. The Morgan fingerprint density at radius 2 is 1.61 bits per heavy atom. The predicted molar refractivity (Wildman–Crippen MR) is 72.6 cm³/mol. The molecule has 0 saturated carbocycles. The number of aromatic nitrogens is 2. The Bertz CT molecular complexity index is 369. The van der Waals surface area contributed by atoms with Gasteiger partial charge in [-0.1, -0.05) is 13.8 Å². The Morgan fingerprint density at radius 1 is 1.11 bits per heavy atom. The number of carbonyl (C=O) groups is 1. The molecule has 0 bridgehead atoms. The predicted octanol–water partition coefficient (Wildman–Crippen LogP) is 1.48. The highest BCUT2D eigenvalue weighted by Gasteiger charge is 2.19. The second-order valence-electron chi connectivity index (χ2n) is 4.05. The Balaban J connectivity index is 0.000000771. The number of carbonyl (C=O) groups excluding carboxylic acids is 1. The summed E-state index contributed by atoms with van der Waals surface area (Å²) < 4.78 is 0. The minimum absolute atomic E-state index is 0.143. The number of anilines is 1. The van der Waals surface area contributed by atoms with E-state index in [1.807, 2.05) is 38.1 Å². The van der Waals surface area contributed by atoms with Gasteiger partial charge >= 0.3 is 0 Å². The van der Waals surface area contributed by atoms with Gasteiger partial charge in [0.05, 0.1) is 0 Å². The number of rotatable bonds is 1. The molecule has 0 atom stereocenters.